The Morgan fingerprint density at radius 1 is 1.38 bits per heavy atom. The molecule has 2 atom stereocenters. The number of aryl methyl sites for hydroxylation is 1. The lowest BCUT2D eigenvalue weighted by molar-refractivity contribution is -0.124. The molecule has 2 N–H and O–H groups in total. The first-order valence-electron chi connectivity index (χ1n) is 8.10. The summed E-state index contributed by atoms with van der Waals surface area (Å²) in [6.07, 6.45) is 0.925. The highest BCUT2D eigenvalue weighted by atomic mass is 35.5. The van der Waals surface area contributed by atoms with Gasteiger partial charge in [0.25, 0.3) is 0 Å². The second-order valence-electron chi connectivity index (χ2n) is 6.05. The van der Waals surface area contributed by atoms with Crippen LogP contribution in [0, 0.1) is 12.8 Å². The van der Waals surface area contributed by atoms with Crippen molar-refractivity contribution < 1.29 is 13.9 Å². The largest absolute Gasteiger partial charge is 0.465 e. The number of hydrogen-bond donors (Lipinski definition) is 2. The molecule has 0 spiro atoms. The smallest absolute Gasteiger partial charge is 0.224 e. The van der Waals surface area contributed by atoms with E-state index in [1.807, 2.05) is 19.1 Å². The van der Waals surface area contributed by atoms with Crippen molar-refractivity contribution in [1.29, 1.82) is 0 Å². The summed E-state index contributed by atoms with van der Waals surface area (Å²) >= 11 is 0. The van der Waals surface area contributed by atoms with Gasteiger partial charge in [-0.15, -0.1) is 24.8 Å². The molecule has 6 nitrogen and oxygen atoms in total. The highest BCUT2D eigenvalue weighted by Gasteiger charge is 2.28. The van der Waals surface area contributed by atoms with Crippen LogP contribution in [0.5, 0.6) is 0 Å². The number of furan rings is 1. The first kappa shape index (κ1) is 21.3. The third-order valence-electron chi connectivity index (χ3n) is 4.48. The number of morpholine rings is 1. The molecule has 3 heterocycles. The molecule has 0 aromatic carbocycles. The molecule has 0 bridgehead atoms. The standard InChI is InChI=1S/C16H25N3O3.2ClH/c1-12-2-3-15(22-12)14(19-6-8-21-9-7-19)11-18-16(20)13-4-5-17-10-13;;/h2-3,13-14,17H,4-11H2,1H3,(H,18,20);2*1H. The first-order valence-corrected chi connectivity index (χ1v) is 8.10. The van der Waals surface area contributed by atoms with Crippen LogP contribution in [-0.4, -0.2) is 56.7 Å². The van der Waals surface area contributed by atoms with Crippen LogP contribution in [0.2, 0.25) is 0 Å². The van der Waals surface area contributed by atoms with Gasteiger partial charge in [-0.05, 0) is 32.0 Å². The predicted molar refractivity (Wildman–Crippen MR) is 97.1 cm³/mol. The molecule has 2 unspecified atom stereocenters. The fourth-order valence-corrected chi connectivity index (χ4v) is 3.15. The Morgan fingerprint density at radius 2 is 2.12 bits per heavy atom. The minimum absolute atomic E-state index is 0. The summed E-state index contributed by atoms with van der Waals surface area (Å²) in [5, 5.41) is 6.34. The van der Waals surface area contributed by atoms with Crippen LogP contribution in [0.25, 0.3) is 0 Å². The van der Waals surface area contributed by atoms with Gasteiger partial charge in [-0.2, -0.15) is 0 Å². The van der Waals surface area contributed by atoms with Crippen LogP contribution >= 0.6 is 24.8 Å². The van der Waals surface area contributed by atoms with Crippen LogP contribution in [0.3, 0.4) is 0 Å². The van der Waals surface area contributed by atoms with Gasteiger partial charge in [0.1, 0.15) is 11.5 Å². The molecule has 1 aromatic rings. The lowest BCUT2D eigenvalue weighted by atomic mass is 10.1. The Hall–Kier alpha value is -0.790. The quantitative estimate of drug-likeness (QED) is 0.811. The molecule has 8 heteroatoms. The van der Waals surface area contributed by atoms with Gasteiger partial charge in [-0.25, -0.2) is 0 Å². The van der Waals surface area contributed by atoms with E-state index in [9.17, 15) is 4.79 Å². The van der Waals surface area contributed by atoms with Gasteiger partial charge in [-0.3, -0.25) is 9.69 Å². The minimum Gasteiger partial charge on any atom is -0.465 e. The Morgan fingerprint density at radius 3 is 2.71 bits per heavy atom. The maximum absolute atomic E-state index is 12.2. The fraction of sp³-hybridized carbons (Fsp3) is 0.688. The molecular weight excluding hydrogens is 353 g/mol. The molecule has 2 saturated heterocycles. The van der Waals surface area contributed by atoms with Crippen molar-refractivity contribution in [2.45, 2.75) is 19.4 Å². The van der Waals surface area contributed by atoms with E-state index in [1.54, 1.807) is 0 Å². The molecule has 3 rings (SSSR count). The molecule has 1 amide bonds. The van der Waals surface area contributed by atoms with Gasteiger partial charge in [-0.1, -0.05) is 0 Å². The lowest BCUT2D eigenvalue weighted by Gasteiger charge is -2.33. The number of halogens is 2. The molecule has 2 aliphatic rings. The van der Waals surface area contributed by atoms with E-state index in [2.05, 4.69) is 15.5 Å². The van der Waals surface area contributed by atoms with E-state index in [0.717, 1.165) is 57.3 Å². The van der Waals surface area contributed by atoms with Crippen molar-refractivity contribution in [3.63, 3.8) is 0 Å². The Kier molecular flexibility index (Phi) is 9.08. The highest BCUT2D eigenvalue weighted by molar-refractivity contribution is 5.85. The molecule has 2 aliphatic heterocycles. The SMILES string of the molecule is Cc1ccc(C(CNC(=O)C2CCNC2)N2CCOCC2)o1.Cl.Cl. The van der Waals surface area contributed by atoms with Gasteiger partial charge in [0, 0.05) is 26.2 Å². The number of nitrogens with zero attached hydrogens (tertiary/aromatic N) is 1. The third kappa shape index (κ3) is 5.36. The predicted octanol–water partition coefficient (Wildman–Crippen LogP) is 1.53. The number of hydrogen-bond acceptors (Lipinski definition) is 5. The van der Waals surface area contributed by atoms with E-state index in [1.165, 1.54) is 0 Å². The Labute approximate surface area is 155 Å². The zero-order valence-corrected chi connectivity index (χ0v) is 15.6. The monoisotopic (exact) mass is 379 g/mol. The summed E-state index contributed by atoms with van der Waals surface area (Å²) < 4.78 is 11.2. The summed E-state index contributed by atoms with van der Waals surface area (Å²) in [6.45, 7) is 7.45. The zero-order chi connectivity index (χ0) is 15.4. The molecule has 138 valence electrons. The molecular formula is C16H27Cl2N3O3. The Bertz CT molecular complexity index is 501. The summed E-state index contributed by atoms with van der Waals surface area (Å²) in [6, 6.07) is 4.07. The van der Waals surface area contributed by atoms with Crippen LogP contribution in [0.1, 0.15) is 24.0 Å². The molecule has 0 saturated carbocycles. The van der Waals surface area contributed by atoms with Crippen molar-refractivity contribution >= 4 is 30.7 Å². The van der Waals surface area contributed by atoms with Crippen LogP contribution in [0.15, 0.2) is 16.5 Å². The van der Waals surface area contributed by atoms with Crippen molar-refractivity contribution in [3.05, 3.63) is 23.7 Å². The topological polar surface area (TPSA) is 66.7 Å². The first-order chi connectivity index (χ1) is 10.7. The number of carbonyl (C=O) groups excluding carboxylic acids is 1. The fourth-order valence-electron chi connectivity index (χ4n) is 3.15. The van der Waals surface area contributed by atoms with Crippen LogP contribution in [-0.2, 0) is 9.53 Å². The maximum atomic E-state index is 12.2. The average Bonchev–Trinajstić information content (AvgIpc) is 3.20. The van der Waals surface area contributed by atoms with E-state index < -0.39 is 0 Å². The minimum atomic E-state index is 0. The van der Waals surface area contributed by atoms with Crippen molar-refractivity contribution in [3.8, 4) is 0 Å². The van der Waals surface area contributed by atoms with Gasteiger partial charge in [0.2, 0.25) is 5.91 Å². The van der Waals surface area contributed by atoms with E-state index >= 15 is 0 Å². The van der Waals surface area contributed by atoms with E-state index in [0.29, 0.717) is 6.54 Å². The molecule has 24 heavy (non-hydrogen) atoms. The normalized spacial score (nSPS) is 22.3. The van der Waals surface area contributed by atoms with E-state index in [4.69, 9.17) is 9.15 Å². The third-order valence-corrected chi connectivity index (χ3v) is 4.48. The van der Waals surface area contributed by atoms with Gasteiger partial charge < -0.3 is 19.8 Å². The number of ether oxygens (including phenoxy) is 1. The van der Waals surface area contributed by atoms with E-state index in [-0.39, 0.29) is 42.7 Å². The lowest BCUT2D eigenvalue weighted by Crippen LogP contribution is -2.44. The van der Waals surface area contributed by atoms with Gasteiger partial charge in [0.15, 0.2) is 0 Å². The number of amides is 1. The van der Waals surface area contributed by atoms with Crippen molar-refractivity contribution in [1.82, 2.24) is 15.5 Å². The average molecular weight is 380 g/mol. The molecule has 0 radical (unpaired) electrons. The number of rotatable bonds is 5. The van der Waals surface area contributed by atoms with Gasteiger partial charge >= 0.3 is 0 Å². The summed E-state index contributed by atoms with van der Waals surface area (Å²) in [5.41, 5.74) is 0. The van der Waals surface area contributed by atoms with Crippen molar-refractivity contribution in [2.75, 3.05) is 45.9 Å². The molecule has 1 aromatic heterocycles. The Balaban J connectivity index is 0.00000144. The van der Waals surface area contributed by atoms with Gasteiger partial charge in [0.05, 0.1) is 25.2 Å². The second kappa shape index (κ2) is 10.3. The molecule has 2 fully saturated rings. The second-order valence-corrected chi connectivity index (χ2v) is 6.05. The van der Waals surface area contributed by atoms with Crippen LogP contribution < -0.4 is 10.6 Å². The summed E-state index contributed by atoms with van der Waals surface area (Å²) in [5.74, 6) is 2.07. The number of nitrogens with one attached hydrogen (secondary N) is 2. The number of carbonyl (C=O) groups is 1. The molecule has 0 aliphatic carbocycles. The zero-order valence-electron chi connectivity index (χ0n) is 14.0. The van der Waals surface area contributed by atoms with Crippen molar-refractivity contribution in [2.24, 2.45) is 5.92 Å². The summed E-state index contributed by atoms with van der Waals surface area (Å²) in [7, 11) is 0. The summed E-state index contributed by atoms with van der Waals surface area (Å²) in [4.78, 5) is 14.6. The van der Waals surface area contributed by atoms with Crippen LogP contribution in [0.4, 0.5) is 0 Å². The highest BCUT2D eigenvalue weighted by Crippen LogP contribution is 2.23. The maximum Gasteiger partial charge on any atom is 0.224 e.